The molecule has 156 valence electrons. The third-order valence-electron chi connectivity index (χ3n) is 5.03. The fourth-order valence-corrected chi connectivity index (χ4v) is 3.76. The summed E-state index contributed by atoms with van der Waals surface area (Å²) in [5.41, 5.74) is -0.604. The molecule has 7 nitrogen and oxygen atoms in total. The molecular formula is C18H21BF2N2O5S. The van der Waals surface area contributed by atoms with Gasteiger partial charge in [-0.2, -0.15) is 0 Å². The van der Waals surface area contributed by atoms with Gasteiger partial charge < -0.3 is 14.0 Å². The van der Waals surface area contributed by atoms with Crippen LogP contribution in [0.5, 0.6) is 5.75 Å². The second-order valence-electron chi connectivity index (χ2n) is 7.59. The predicted molar refractivity (Wildman–Crippen MR) is 104 cm³/mol. The highest BCUT2D eigenvalue weighted by Crippen LogP contribution is 2.37. The van der Waals surface area contributed by atoms with Crippen molar-refractivity contribution in [3.63, 3.8) is 0 Å². The van der Waals surface area contributed by atoms with E-state index < -0.39 is 44.9 Å². The van der Waals surface area contributed by atoms with Crippen molar-refractivity contribution in [1.82, 2.24) is 4.98 Å². The summed E-state index contributed by atoms with van der Waals surface area (Å²) in [4.78, 5) is 3.37. The Bertz CT molecular complexity index is 1030. The molecule has 1 saturated heterocycles. The lowest BCUT2D eigenvalue weighted by atomic mass is 9.80. The number of pyridine rings is 1. The number of nitrogens with zero attached hydrogens (tertiary/aromatic N) is 1. The number of hydrogen-bond acceptors (Lipinski definition) is 6. The molecule has 1 aromatic heterocycles. The lowest BCUT2D eigenvalue weighted by Gasteiger charge is -2.32. The van der Waals surface area contributed by atoms with Crippen molar-refractivity contribution in [2.75, 3.05) is 11.8 Å². The van der Waals surface area contributed by atoms with Crippen LogP contribution >= 0.6 is 0 Å². The number of aromatic nitrogens is 1. The Morgan fingerprint density at radius 1 is 1.10 bits per heavy atom. The zero-order valence-corrected chi connectivity index (χ0v) is 17.4. The van der Waals surface area contributed by atoms with E-state index in [-0.39, 0.29) is 11.6 Å². The quantitative estimate of drug-likeness (QED) is 0.740. The Labute approximate surface area is 168 Å². The van der Waals surface area contributed by atoms with Crippen LogP contribution in [0.3, 0.4) is 0 Å². The van der Waals surface area contributed by atoms with Crippen molar-refractivity contribution < 1.29 is 31.2 Å². The second kappa shape index (κ2) is 7.23. The van der Waals surface area contributed by atoms with Crippen LogP contribution in [0, 0.1) is 11.6 Å². The molecule has 2 aromatic rings. The van der Waals surface area contributed by atoms with Crippen LogP contribution < -0.4 is 14.9 Å². The van der Waals surface area contributed by atoms with E-state index in [0.29, 0.717) is 11.5 Å². The summed E-state index contributed by atoms with van der Waals surface area (Å²) in [6.07, 6.45) is 1.38. The average Bonchev–Trinajstić information content (AvgIpc) is 2.82. The molecule has 1 aliphatic heterocycles. The summed E-state index contributed by atoms with van der Waals surface area (Å²) >= 11 is 0. The summed E-state index contributed by atoms with van der Waals surface area (Å²) in [5, 5.41) is 0. The van der Waals surface area contributed by atoms with E-state index >= 15 is 0 Å². The number of ether oxygens (including phenoxy) is 1. The van der Waals surface area contributed by atoms with Gasteiger partial charge in [-0.05, 0) is 45.9 Å². The van der Waals surface area contributed by atoms with Gasteiger partial charge in [-0.15, -0.1) is 0 Å². The van der Waals surface area contributed by atoms with Gasteiger partial charge in [0.2, 0.25) is 0 Å². The maximum atomic E-state index is 13.9. The van der Waals surface area contributed by atoms with Crippen molar-refractivity contribution in [2.45, 2.75) is 43.8 Å². The third kappa shape index (κ3) is 4.07. The van der Waals surface area contributed by atoms with Crippen LogP contribution in [0.25, 0.3) is 0 Å². The van der Waals surface area contributed by atoms with Gasteiger partial charge in [0.25, 0.3) is 10.0 Å². The average molecular weight is 426 g/mol. The molecule has 1 aromatic carbocycles. The molecule has 0 atom stereocenters. The number of rotatable bonds is 5. The molecule has 3 rings (SSSR count). The lowest BCUT2D eigenvalue weighted by molar-refractivity contribution is 0.00578. The molecule has 0 saturated carbocycles. The summed E-state index contributed by atoms with van der Waals surface area (Å²) in [5.74, 6) is -2.17. The minimum Gasteiger partial charge on any atom is -0.493 e. The molecule has 1 N–H and O–H groups in total. The zero-order valence-electron chi connectivity index (χ0n) is 16.6. The minimum atomic E-state index is -4.36. The molecule has 29 heavy (non-hydrogen) atoms. The number of methoxy groups -OCH3 is 1. The standard InChI is InChI=1S/C18H21BF2N2O5S/c1-17(2)18(3,4)28-19(27-17)11-8-14(26-5)16(22-10-11)23-29(24,25)15-7-6-12(20)9-13(15)21/h6-10H,1-5H3,(H,22,23). The lowest BCUT2D eigenvalue weighted by Crippen LogP contribution is -2.41. The number of halogens is 2. The van der Waals surface area contributed by atoms with E-state index in [0.717, 1.165) is 12.1 Å². The largest absolute Gasteiger partial charge is 0.496 e. The first-order chi connectivity index (χ1) is 13.4. The van der Waals surface area contributed by atoms with E-state index in [2.05, 4.69) is 9.71 Å². The first-order valence-electron chi connectivity index (χ1n) is 8.74. The normalized spacial score (nSPS) is 18.0. The highest BCUT2D eigenvalue weighted by atomic mass is 32.2. The maximum absolute atomic E-state index is 13.9. The fourth-order valence-electron chi connectivity index (χ4n) is 2.68. The van der Waals surface area contributed by atoms with E-state index in [1.165, 1.54) is 19.4 Å². The van der Waals surface area contributed by atoms with Crippen LogP contribution in [-0.4, -0.2) is 38.8 Å². The van der Waals surface area contributed by atoms with Crippen molar-refractivity contribution in [1.29, 1.82) is 0 Å². The van der Waals surface area contributed by atoms with Gasteiger partial charge in [0.15, 0.2) is 11.6 Å². The van der Waals surface area contributed by atoms with Gasteiger partial charge in [-0.25, -0.2) is 22.2 Å². The van der Waals surface area contributed by atoms with Gasteiger partial charge in [0.1, 0.15) is 16.5 Å². The molecule has 0 bridgehead atoms. The van der Waals surface area contributed by atoms with Gasteiger partial charge in [0.05, 0.1) is 18.3 Å². The van der Waals surface area contributed by atoms with Crippen LogP contribution in [-0.2, 0) is 19.3 Å². The summed E-state index contributed by atoms with van der Waals surface area (Å²) < 4.78 is 71.2. The number of hydrogen-bond donors (Lipinski definition) is 1. The van der Waals surface area contributed by atoms with Crippen molar-refractivity contribution in [2.24, 2.45) is 0 Å². The van der Waals surface area contributed by atoms with Crippen LogP contribution in [0.15, 0.2) is 35.4 Å². The Morgan fingerprint density at radius 2 is 1.72 bits per heavy atom. The molecule has 1 aliphatic rings. The van der Waals surface area contributed by atoms with Crippen molar-refractivity contribution in [3.05, 3.63) is 42.1 Å². The Morgan fingerprint density at radius 3 is 2.28 bits per heavy atom. The molecule has 11 heteroatoms. The van der Waals surface area contributed by atoms with Gasteiger partial charge in [-0.1, -0.05) is 0 Å². The number of anilines is 1. The zero-order chi connectivity index (χ0) is 21.6. The third-order valence-corrected chi connectivity index (χ3v) is 6.41. The summed E-state index contributed by atoms with van der Waals surface area (Å²) in [6.45, 7) is 7.60. The van der Waals surface area contributed by atoms with Gasteiger partial charge in [-0.3, -0.25) is 4.72 Å². The highest BCUT2D eigenvalue weighted by Gasteiger charge is 2.52. The molecule has 0 radical (unpaired) electrons. The molecule has 2 heterocycles. The van der Waals surface area contributed by atoms with E-state index in [1.807, 2.05) is 27.7 Å². The van der Waals surface area contributed by atoms with Crippen molar-refractivity contribution in [3.8, 4) is 5.75 Å². The monoisotopic (exact) mass is 426 g/mol. The summed E-state index contributed by atoms with van der Waals surface area (Å²) in [7, 11) is -3.75. The van der Waals surface area contributed by atoms with Gasteiger partial charge in [0, 0.05) is 17.7 Å². The second-order valence-corrected chi connectivity index (χ2v) is 9.24. The van der Waals surface area contributed by atoms with E-state index in [4.69, 9.17) is 14.0 Å². The molecular weight excluding hydrogens is 405 g/mol. The van der Waals surface area contributed by atoms with Crippen LogP contribution in [0.4, 0.5) is 14.6 Å². The Hall–Kier alpha value is -2.24. The molecule has 1 fully saturated rings. The first kappa shape index (κ1) is 21.5. The summed E-state index contributed by atoms with van der Waals surface area (Å²) in [6, 6.07) is 3.69. The van der Waals surface area contributed by atoms with Gasteiger partial charge >= 0.3 is 7.12 Å². The molecule has 0 aliphatic carbocycles. The highest BCUT2D eigenvalue weighted by molar-refractivity contribution is 7.92. The minimum absolute atomic E-state index is 0.0864. The molecule has 0 unspecified atom stereocenters. The Kier molecular flexibility index (Phi) is 5.35. The first-order valence-corrected chi connectivity index (χ1v) is 10.2. The maximum Gasteiger partial charge on any atom is 0.496 e. The van der Waals surface area contributed by atoms with Crippen LogP contribution in [0.1, 0.15) is 27.7 Å². The number of benzene rings is 1. The SMILES string of the molecule is COc1cc(B2OC(C)(C)C(C)(C)O2)cnc1NS(=O)(=O)c1ccc(F)cc1F. The number of sulfonamides is 1. The predicted octanol–water partition coefficient (Wildman–Crippen LogP) is 2.47. The van der Waals surface area contributed by atoms with E-state index in [1.54, 1.807) is 0 Å². The van der Waals surface area contributed by atoms with E-state index in [9.17, 15) is 17.2 Å². The van der Waals surface area contributed by atoms with Crippen LogP contribution in [0.2, 0.25) is 0 Å². The number of nitrogens with one attached hydrogen (secondary N) is 1. The Balaban J connectivity index is 1.90. The smallest absolute Gasteiger partial charge is 0.493 e. The molecule has 0 amide bonds. The topological polar surface area (TPSA) is 86.8 Å². The molecule has 0 spiro atoms. The fraction of sp³-hybridized carbons (Fsp3) is 0.389. The van der Waals surface area contributed by atoms with Crippen molar-refractivity contribution >= 4 is 28.4 Å².